The van der Waals surface area contributed by atoms with E-state index in [1.807, 2.05) is 29.1 Å². The van der Waals surface area contributed by atoms with Gasteiger partial charge >= 0.3 is 0 Å². The number of nitrogens with zero attached hydrogens (tertiary/aromatic N) is 3. The molecule has 20 heavy (non-hydrogen) atoms. The molecule has 0 unspecified atom stereocenters. The molecular weight excluding hydrogens is 250 g/mol. The van der Waals surface area contributed by atoms with Gasteiger partial charge in [0.15, 0.2) is 0 Å². The summed E-state index contributed by atoms with van der Waals surface area (Å²) < 4.78 is 7.24. The first kappa shape index (κ1) is 12.7. The summed E-state index contributed by atoms with van der Waals surface area (Å²) in [6.45, 7) is 1.68. The molecule has 102 valence electrons. The molecule has 1 aromatic carbocycles. The van der Waals surface area contributed by atoms with Crippen molar-refractivity contribution in [2.24, 2.45) is 0 Å². The van der Waals surface area contributed by atoms with Crippen LogP contribution >= 0.6 is 0 Å². The topological polar surface area (TPSA) is 34.2 Å². The van der Waals surface area contributed by atoms with Crippen LogP contribution in [0.5, 0.6) is 0 Å². The van der Waals surface area contributed by atoms with E-state index < -0.39 is 0 Å². The molecule has 2 heterocycles. The molecule has 0 saturated heterocycles. The van der Waals surface area contributed by atoms with Crippen molar-refractivity contribution in [2.75, 3.05) is 7.05 Å². The van der Waals surface area contributed by atoms with Crippen LogP contribution in [0.3, 0.4) is 0 Å². The van der Waals surface area contributed by atoms with Crippen LogP contribution in [0.2, 0.25) is 0 Å². The van der Waals surface area contributed by atoms with Gasteiger partial charge in [-0.15, -0.1) is 0 Å². The zero-order chi connectivity index (χ0) is 13.8. The normalized spacial score (nSPS) is 11.1. The fourth-order valence-corrected chi connectivity index (χ4v) is 2.26. The number of benzene rings is 1. The van der Waals surface area contributed by atoms with Crippen molar-refractivity contribution in [1.29, 1.82) is 0 Å². The first-order valence-electron chi connectivity index (χ1n) is 6.61. The monoisotopic (exact) mass is 267 g/mol. The minimum atomic E-state index is 0.805. The standard InChI is InChI=1S/C16H17N3O/c1-18(13-16-7-3-10-20-16)12-14-5-2-6-15(11-14)19-9-4-8-17-19/h2-11H,12-13H2,1H3. The highest BCUT2D eigenvalue weighted by atomic mass is 16.3. The van der Waals surface area contributed by atoms with Gasteiger partial charge in [0.05, 0.1) is 18.5 Å². The molecule has 0 N–H and O–H groups in total. The number of hydrogen-bond acceptors (Lipinski definition) is 3. The van der Waals surface area contributed by atoms with Crippen LogP contribution in [0.15, 0.2) is 65.5 Å². The number of hydrogen-bond donors (Lipinski definition) is 0. The highest BCUT2D eigenvalue weighted by Gasteiger charge is 2.05. The summed E-state index contributed by atoms with van der Waals surface area (Å²) in [6, 6.07) is 14.3. The number of furan rings is 1. The Hall–Kier alpha value is -2.33. The molecule has 4 nitrogen and oxygen atoms in total. The third-order valence-electron chi connectivity index (χ3n) is 3.14. The second-order valence-electron chi connectivity index (χ2n) is 4.87. The molecule has 0 fully saturated rings. The zero-order valence-electron chi connectivity index (χ0n) is 11.4. The van der Waals surface area contributed by atoms with Crippen LogP contribution in [0, 0.1) is 0 Å². The van der Waals surface area contributed by atoms with Gasteiger partial charge in [-0.2, -0.15) is 5.10 Å². The molecule has 0 aliphatic heterocycles. The third kappa shape index (κ3) is 2.97. The lowest BCUT2D eigenvalue weighted by atomic mass is 10.2. The van der Waals surface area contributed by atoms with Crippen LogP contribution in [-0.4, -0.2) is 21.7 Å². The average Bonchev–Trinajstić information content (AvgIpc) is 3.11. The van der Waals surface area contributed by atoms with Gasteiger partial charge in [-0.05, 0) is 42.9 Å². The molecule has 0 spiro atoms. The fraction of sp³-hybridized carbons (Fsp3) is 0.188. The summed E-state index contributed by atoms with van der Waals surface area (Å²) in [5.41, 5.74) is 2.34. The van der Waals surface area contributed by atoms with E-state index in [0.29, 0.717) is 0 Å². The SMILES string of the molecule is CN(Cc1cccc(-n2cccn2)c1)Cc1ccco1. The molecular formula is C16H17N3O. The van der Waals surface area contributed by atoms with Crippen LogP contribution in [0.4, 0.5) is 0 Å². The second kappa shape index (κ2) is 5.75. The Morgan fingerprint density at radius 2 is 2.10 bits per heavy atom. The predicted molar refractivity (Wildman–Crippen MR) is 77.4 cm³/mol. The van der Waals surface area contributed by atoms with Gasteiger partial charge in [0.1, 0.15) is 5.76 Å². The molecule has 0 aliphatic carbocycles. The Kier molecular flexibility index (Phi) is 3.65. The summed E-state index contributed by atoms with van der Waals surface area (Å²) in [5, 5.41) is 4.26. The summed E-state index contributed by atoms with van der Waals surface area (Å²) in [4.78, 5) is 2.22. The van der Waals surface area contributed by atoms with Gasteiger partial charge in [-0.3, -0.25) is 4.90 Å². The summed E-state index contributed by atoms with van der Waals surface area (Å²) in [5.74, 6) is 0.982. The molecule has 0 atom stereocenters. The van der Waals surface area contributed by atoms with E-state index in [9.17, 15) is 0 Å². The summed E-state index contributed by atoms with van der Waals surface area (Å²) in [7, 11) is 2.09. The first-order valence-corrected chi connectivity index (χ1v) is 6.61. The summed E-state index contributed by atoms with van der Waals surface area (Å²) in [6.07, 6.45) is 5.45. The molecule has 2 aromatic heterocycles. The van der Waals surface area contributed by atoms with Gasteiger partial charge in [-0.25, -0.2) is 4.68 Å². The average molecular weight is 267 g/mol. The van der Waals surface area contributed by atoms with E-state index >= 15 is 0 Å². The quantitative estimate of drug-likeness (QED) is 0.712. The highest BCUT2D eigenvalue weighted by molar-refractivity contribution is 5.35. The van der Waals surface area contributed by atoms with Crippen molar-refractivity contribution in [2.45, 2.75) is 13.1 Å². The van der Waals surface area contributed by atoms with E-state index in [1.165, 1.54) is 5.56 Å². The van der Waals surface area contributed by atoms with Crippen molar-refractivity contribution < 1.29 is 4.42 Å². The molecule has 3 aromatic rings. The molecule has 0 radical (unpaired) electrons. The van der Waals surface area contributed by atoms with Crippen molar-refractivity contribution in [3.05, 3.63) is 72.4 Å². The fourth-order valence-electron chi connectivity index (χ4n) is 2.26. The second-order valence-corrected chi connectivity index (χ2v) is 4.87. The van der Waals surface area contributed by atoms with Crippen LogP contribution in [0.1, 0.15) is 11.3 Å². The first-order chi connectivity index (χ1) is 9.81. The van der Waals surface area contributed by atoms with E-state index in [0.717, 1.165) is 24.5 Å². The van der Waals surface area contributed by atoms with E-state index in [2.05, 4.69) is 41.3 Å². The Labute approximate surface area is 118 Å². The van der Waals surface area contributed by atoms with Gasteiger partial charge in [-0.1, -0.05) is 12.1 Å². The van der Waals surface area contributed by atoms with Crippen molar-refractivity contribution in [3.8, 4) is 5.69 Å². The lowest BCUT2D eigenvalue weighted by Gasteiger charge is -2.15. The molecule has 0 bridgehead atoms. The number of rotatable bonds is 5. The van der Waals surface area contributed by atoms with E-state index in [-0.39, 0.29) is 0 Å². The van der Waals surface area contributed by atoms with Gasteiger partial charge in [0.25, 0.3) is 0 Å². The van der Waals surface area contributed by atoms with Gasteiger partial charge in [0.2, 0.25) is 0 Å². The van der Waals surface area contributed by atoms with Crippen LogP contribution in [-0.2, 0) is 13.1 Å². The van der Waals surface area contributed by atoms with Crippen molar-refractivity contribution >= 4 is 0 Å². The van der Waals surface area contributed by atoms with Crippen LogP contribution in [0.25, 0.3) is 5.69 Å². The highest BCUT2D eigenvalue weighted by Crippen LogP contribution is 2.13. The van der Waals surface area contributed by atoms with Gasteiger partial charge < -0.3 is 4.42 Å². The molecule has 0 saturated carbocycles. The maximum atomic E-state index is 5.37. The molecule has 0 aliphatic rings. The predicted octanol–water partition coefficient (Wildman–Crippen LogP) is 3.10. The lowest BCUT2D eigenvalue weighted by molar-refractivity contribution is 0.288. The van der Waals surface area contributed by atoms with Crippen molar-refractivity contribution in [3.63, 3.8) is 0 Å². The maximum absolute atomic E-state index is 5.37. The Morgan fingerprint density at radius 1 is 1.15 bits per heavy atom. The molecule has 3 rings (SSSR count). The minimum absolute atomic E-state index is 0.805. The zero-order valence-corrected chi connectivity index (χ0v) is 11.4. The Bertz CT molecular complexity index is 644. The van der Waals surface area contributed by atoms with E-state index in [1.54, 1.807) is 12.5 Å². The summed E-state index contributed by atoms with van der Waals surface area (Å²) >= 11 is 0. The van der Waals surface area contributed by atoms with Crippen molar-refractivity contribution in [1.82, 2.24) is 14.7 Å². The molecule has 4 heteroatoms. The Balaban J connectivity index is 1.70. The minimum Gasteiger partial charge on any atom is -0.468 e. The van der Waals surface area contributed by atoms with Crippen LogP contribution < -0.4 is 0 Å². The Morgan fingerprint density at radius 3 is 2.85 bits per heavy atom. The number of aromatic nitrogens is 2. The largest absolute Gasteiger partial charge is 0.468 e. The van der Waals surface area contributed by atoms with E-state index in [4.69, 9.17) is 4.42 Å². The molecule has 0 amide bonds. The third-order valence-corrected chi connectivity index (χ3v) is 3.14. The maximum Gasteiger partial charge on any atom is 0.117 e. The lowest BCUT2D eigenvalue weighted by Crippen LogP contribution is -2.17. The smallest absolute Gasteiger partial charge is 0.117 e. The van der Waals surface area contributed by atoms with Gasteiger partial charge in [0, 0.05) is 18.9 Å².